The smallest absolute Gasteiger partial charge is 0.239 e. The third-order valence-electron chi connectivity index (χ3n) is 4.77. The van der Waals surface area contributed by atoms with Gasteiger partial charge in [0.2, 0.25) is 5.91 Å². The number of carbonyl (C=O) groups excluding carboxylic acids is 1. The van der Waals surface area contributed by atoms with Gasteiger partial charge in [0, 0.05) is 17.8 Å². The average molecular weight is 460 g/mol. The Balaban J connectivity index is 1.74. The summed E-state index contributed by atoms with van der Waals surface area (Å²) < 4.78 is 7.36. The van der Waals surface area contributed by atoms with Gasteiger partial charge in [0.25, 0.3) is 0 Å². The standard InChI is InChI=1S/C22H29N5O2S2/c1-13(2)12-27-19(11-17-7-9-18(29-6)10-8-17)25-26-22(27)31-16(5)20(28)24-21-23-14(3)15(4)30-21/h7-10,13,16H,11-12H2,1-6H3,(H,23,24,28)/t16-/m0/s1. The molecule has 0 aliphatic carbocycles. The first-order chi connectivity index (χ1) is 14.8. The van der Waals surface area contributed by atoms with Gasteiger partial charge in [0.15, 0.2) is 10.3 Å². The molecule has 7 nitrogen and oxygen atoms in total. The highest BCUT2D eigenvalue weighted by atomic mass is 32.2. The van der Waals surface area contributed by atoms with Gasteiger partial charge in [-0.05, 0) is 44.4 Å². The molecule has 0 spiro atoms. The van der Waals surface area contributed by atoms with Crippen LogP contribution in [0.25, 0.3) is 0 Å². The topological polar surface area (TPSA) is 81.9 Å². The number of nitrogens with zero attached hydrogens (tertiary/aromatic N) is 4. The van der Waals surface area contributed by atoms with Crippen LogP contribution in [-0.2, 0) is 17.8 Å². The van der Waals surface area contributed by atoms with Crippen molar-refractivity contribution in [2.45, 2.75) is 58.0 Å². The minimum Gasteiger partial charge on any atom is -0.497 e. The maximum absolute atomic E-state index is 12.7. The molecule has 2 heterocycles. The number of ether oxygens (including phenoxy) is 1. The van der Waals surface area contributed by atoms with Crippen molar-refractivity contribution < 1.29 is 9.53 Å². The molecule has 0 saturated heterocycles. The van der Waals surface area contributed by atoms with Crippen LogP contribution in [-0.4, -0.2) is 38.0 Å². The molecular formula is C22H29N5O2S2. The number of thiazole rings is 1. The van der Waals surface area contributed by atoms with E-state index in [0.717, 1.165) is 39.4 Å². The largest absolute Gasteiger partial charge is 0.497 e. The number of amides is 1. The number of benzene rings is 1. The molecule has 2 aromatic heterocycles. The van der Waals surface area contributed by atoms with Gasteiger partial charge >= 0.3 is 0 Å². The van der Waals surface area contributed by atoms with Crippen molar-refractivity contribution >= 4 is 34.1 Å². The fourth-order valence-corrected chi connectivity index (χ4v) is 4.65. The first-order valence-corrected chi connectivity index (χ1v) is 11.9. The molecule has 1 amide bonds. The highest BCUT2D eigenvalue weighted by Gasteiger charge is 2.22. The van der Waals surface area contributed by atoms with Crippen LogP contribution in [0.2, 0.25) is 0 Å². The Hall–Kier alpha value is -2.39. The lowest BCUT2D eigenvalue weighted by Crippen LogP contribution is -2.23. The van der Waals surface area contributed by atoms with E-state index in [4.69, 9.17) is 4.74 Å². The van der Waals surface area contributed by atoms with Crippen LogP contribution < -0.4 is 10.1 Å². The normalized spacial score (nSPS) is 12.2. The zero-order chi connectivity index (χ0) is 22.5. The van der Waals surface area contributed by atoms with Gasteiger partial charge < -0.3 is 14.6 Å². The Bertz CT molecular complexity index is 1010. The number of aromatic nitrogens is 4. The molecule has 0 aliphatic rings. The zero-order valence-corrected chi connectivity index (χ0v) is 20.4. The monoisotopic (exact) mass is 459 g/mol. The highest BCUT2D eigenvalue weighted by molar-refractivity contribution is 8.00. The summed E-state index contributed by atoms with van der Waals surface area (Å²) in [7, 11) is 1.66. The van der Waals surface area contributed by atoms with Crippen molar-refractivity contribution in [3.05, 3.63) is 46.2 Å². The fourth-order valence-electron chi connectivity index (χ4n) is 2.96. The number of aryl methyl sites for hydroxylation is 2. The van der Waals surface area contributed by atoms with Crippen LogP contribution in [0, 0.1) is 19.8 Å². The van der Waals surface area contributed by atoms with Gasteiger partial charge in [-0.2, -0.15) is 0 Å². The molecule has 3 aromatic rings. The van der Waals surface area contributed by atoms with Crippen LogP contribution >= 0.6 is 23.1 Å². The summed E-state index contributed by atoms with van der Waals surface area (Å²) in [6.07, 6.45) is 0.669. The number of anilines is 1. The third-order valence-corrected chi connectivity index (χ3v) is 6.84. The molecule has 9 heteroatoms. The van der Waals surface area contributed by atoms with Crippen LogP contribution in [0.1, 0.15) is 42.7 Å². The molecule has 0 bridgehead atoms. The predicted octanol–water partition coefficient (Wildman–Crippen LogP) is 4.73. The Morgan fingerprint density at radius 1 is 1.19 bits per heavy atom. The summed E-state index contributed by atoms with van der Waals surface area (Å²) in [5, 5.41) is 12.8. The maximum atomic E-state index is 12.7. The minimum atomic E-state index is -0.325. The molecule has 166 valence electrons. The van der Waals surface area contributed by atoms with Crippen molar-refractivity contribution in [1.29, 1.82) is 0 Å². The van der Waals surface area contributed by atoms with Crippen molar-refractivity contribution in [1.82, 2.24) is 19.7 Å². The summed E-state index contributed by atoms with van der Waals surface area (Å²) in [6.45, 7) is 10.9. The minimum absolute atomic E-state index is 0.0884. The van der Waals surface area contributed by atoms with Crippen LogP contribution in [0.15, 0.2) is 29.4 Å². The van der Waals surface area contributed by atoms with E-state index in [2.05, 4.69) is 38.9 Å². The predicted molar refractivity (Wildman–Crippen MR) is 126 cm³/mol. The second-order valence-corrected chi connectivity index (χ2v) is 10.3. The fraction of sp³-hybridized carbons (Fsp3) is 0.455. The first-order valence-electron chi connectivity index (χ1n) is 10.2. The lowest BCUT2D eigenvalue weighted by atomic mass is 10.1. The van der Waals surface area contributed by atoms with Gasteiger partial charge in [-0.1, -0.05) is 37.7 Å². The molecule has 1 atom stereocenters. The van der Waals surface area contributed by atoms with Gasteiger partial charge in [-0.3, -0.25) is 4.79 Å². The molecule has 1 aromatic carbocycles. The van der Waals surface area contributed by atoms with E-state index in [1.165, 1.54) is 23.1 Å². The Morgan fingerprint density at radius 2 is 1.90 bits per heavy atom. The zero-order valence-electron chi connectivity index (χ0n) is 18.8. The second-order valence-electron chi connectivity index (χ2n) is 7.84. The Morgan fingerprint density at radius 3 is 2.48 bits per heavy atom. The second kappa shape index (κ2) is 10.3. The van der Waals surface area contributed by atoms with E-state index in [-0.39, 0.29) is 11.2 Å². The summed E-state index contributed by atoms with van der Waals surface area (Å²) >= 11 is 2.91. The third kappa shape index (κ3) is 6.07. The van der Waals surface area contributed by atoms with E-state index in [9.17, 15) is 4.79 Å². The van der Waals surface area contributed by atoms with Crippen molar-refractivity contribution in [2.75, 3.05) is 12.4 Å². The maximum Gasteiger partial charge on any atom is 0.239 e. The average Bonchev–Trinajstić information content (AvgIpc) is 3.24. The number of hydrogen-bond acceptors (Lipinski definition) is 7. The first kappa shape index (κ1) is 23.3. The van der Waals surface area contributed by atoms with Crippen LogP contribution in [0.3, 0.4) is 0 Å². The number of methoxy groups -OCH3 is 1. The van der Waals surface area contributed by atoms with Crippen LogP contribution in [0.5, 0.6) is 5.75 Å². The summed E-state index contributed by atoms with van der Waals surface area (Å²) in [5.41, 5.74) is 2.08. The van der Waals surface area contributed by atoms with E-state index < -0.39 is 0 Å². The SMILES string of the molecule is COc1ccc(Cc2nnc(S[C@@H](C)C(=O)Nc3nc(C)c(C)s3)n2CC(C)C)cc1. The molecule has 0 fully saturated rings. The molecule has 0 radical (unpaired) electrons. The Labute approximate surface area is 191 Å². The lowest BCUT2D eigenvalue weighted by molar-refractivity contribution is -0.115. The summed E-state index contributed by atoms with van der Waals surface area (Å²) in [6, 6.07) is 7.97. The summed E-state index contributed by atoms with van der Waals surface area (Å²) in [5.74, 6) is 2.05. The molecule has 3 rings (SSSR count). The molecule has 0 saturated carbocycles. The number of rotatable bonds is 9. The summed E-state index contributed by atoms with van der Waals surface area (Å²) in [4.78, 5) is 18.2. The van der Waals surface area contributed by atoms with E-state index >= 15 is 0 Å². The lowest BCUT2D eigenvalue weighted by Gasteiger charge is -2.15. The number of thioether (sulfide) groups is 1. The quantitative estimate of drug-likeness (QED) is 0.466. The van der Waals surface area contributed by atoms with Gasteiger partial charge in [0.05, 0.1) is 18.1 Å². The van der Waals surface area contributed by atoms with Gasteiger partial charge in [0.1, 0.15) is 11.6 Å². The number of carbonyl (C=O) groups is 1. The highest BCUT2D eigenvalue weighted by Crippen LogP contribution is 2.27. The number of nitrogens with one attached hydrogen (secondary N) is 1. The molecule has 0 unspecified atom stereocenters. The molecule has 1 N–H and O–H groups in total. The number of hydrogen-bond donors (Lipinski definition) is 1. The van der Waals surface area contributed by atoms with Crippen molar-refractivity contribution in [3.8, 4) is 5.75 Å². The molecule has 0 aliphatic heterocycles. The molecular weight excluding hydrogens is 430 g/mol. The van der Waals surface area contributed by atoms with Crippen LogP contribution in [0.4, 0.5) is 5.13 Å². The van der Waals surface area contributed by atoms with E-state index in [0.29, 0.717) is 17.5 Å². The van der Waals surface area contributed by atoms with E-state index in [1.807, 2.05) is 45.0 Å². The van der Waals surface area contributed by atoms with Crippen molar-refractivity contribution in [2.24, 2.45) is 5.92 Å². The van der Waals surface area contributed by atoms with Crippen molar-refractivity contribution in [3.63, 3.8) is 0 Å². The van der Waals surface area contributed by atoms with E-state index in [1.54, 1.807) is 7.11 Å². The Kier molecular flexibility index (Phi) is 7.72. The van der Waals surface area contributed by atoms with Gasteiger partial charge in [-0.15, -0.1) is 21.5 Å². The molecule has 31 heavy (non-hydrogen) atoms. The van der Waals surface area contributed by atoms with Gasteiger partial charge in [-0.25, -0.2) is 4.98 Å².